The van der Waals surface area contributed by atoms with Crippen LogP contribution in [0.1, 0.15) is 271 Å². The summed E-state index contributed by atoms with van der Waals surface area (Å²) in [7, 11) is 0. The Balaban J connectivity index is 4.20. The second-order valence-corrected chi connectivity index (χ2v) is 19.2. The molecule has 1 unspecified atom stereocenters. The van der Waals surface area contributed by atoms with E-state index in [1.54, 1.807) is 0 Å². The number of hydrogen-bond acceptors (Lipinski definition) is 6. The number of hydrogen-bond donors (Lipinski definition) is 0. The van der Waals surface area contributed by atoms with Crippen molar-refractivity contribution < 1.29 is 28.6 Å². The van der Waals surface area contributed by atoms with Gasteiger partial charge in [0.2, 0.25) is 0 Å². The lowest BCUT2D eigenvalue weighted by atomic mass is 10.0. The topological polar surface area (TPSA) is 78.9 Å². The summed E-state index contributed by atoms with van der Waals surface area (Å²) in [6.45, 7) is 6.49. The predicted molar refractivity (Wildman–Crippen MR) is 302 cm³/mol. The molecule has 0 aromatic heterocycles. The van der Waals surface area contributed by atoms with Crippen molar-refractivity contribution in [3.8, 4) is 0 Å². The number of ether oxygens (including phenoxy) is 3. The molecule has 1 atom stereocenters. The van der Waals surface area contributed by atoms with Gasteiger partial charge in [0, 0.05) is 19.3 Å². The van der Waals surface area contributed by atoms with Crippen molar-refractivity contribution in [2.45, 2.75) is 277 Å². The molecular formula is C64H108O6. The summed E-state index contributed by atoms with van der Waals surface area (Å²) >= 11 is 0. The smallest absolute Gasteiger partial charge is 0.306 e. The van der Waals surface area contributed by atoms with E-state index < -0.39 is 6.10 Å². The van der Waals surface area contributed by atoms with Crippen LogP contribution in [0.5, 0.6) is 0 Å². The van der Waals surface area contributed by atoms with Gasteiger partial charge in [-0.15, -0.1) is 0 Å². The van der Waals surface area contributed by atoms with Crippen molar-refractivity contribution in [2.24, 2.45) is 0 Å². The van der Waals surface area contributed by atoms with E-state index in [1.807, 2.05) is 0 Å². The lowest BCUT2D eigenvalue weighted by Crippen LogP contribution is -2.30. The van der Waals surface area contributed by atoms with Gasteiger partial charge in [-0.2, -0.15) is 0 Å². The van der Waals surface area contributed by atoms with Crippen LogP contribution in [0.3, 0.4) is 0 Å². The van der Waals surface area contributed by atoms with E-state index in [-0.39, 0.29) is 31.1 Å². The largest absolute Gasteiger partial charge is 0.462 e. The van der Waals surface area contributed by atoms with Crippen LogP contribution in [0.15, 0.2) is 97.2 Å². The number of rotatable bonds is 52. The highest BCUT2D eigenvalue weighted by Gasteiger charge is 2.19. The quantitative estimate of drug-likeness (QED) is 0.0262. The van der Waals surface area contributed by atoms with E-state index in [9.17, 15) is 14.4 Å². The molecule has 6 nitrogen and oxygen atoms in total. The Labute approximate surface area is 432 Å². The van der Waals surface area contributed by atoms with Crippen LogP contribution >= 0.6 is 0 Å². The van der Waals surface area contributed by atoms with Crippen molar-refractivity contribution in [2.75, 3.05) is 13.2 Å². The number of unbranched alkanes of at least 4 members (excludes halogenated alkanes) is 25. The Kier molecular flexibility index (Phi) is 54.9. The molecule has 70 heavy (non-hydrogen) atoms. The van der Waals surface area contributed by atoms with Gasteiger partial charge >= 0.3 is 17.9 Å². The van der Waals surface area contributed by atoms with E-state index in [4.69, 9.17) is 14.2 Å². The standard InChI is InChI=1S/C64H108O6/c1-4-7-10-13-16-19-21-23-24-25-26-27-28-29-30-31-32-33-34-35-36-37-38-39-40-41-43-45-48-51-54-57-63(66)69-60-61(59-68-62(65)56-53-50-47-44-18-15-12-9-6-3)70-64(67)58-55-52-49-46-42-22-20-17-14-11-8-5-2/h7,10,16,19,23-24,26-27,29-30,32-33,35-36,38-39,61H,4-6,8-9,11-15,17-18,20-22,25,28,31,34,37,40-60H2,1-3H3/b10-7-,19-16-,24-23-,27-26-,30-29-,33-32-,36-35-,39-38-. The monoisotopic (exact) mass is 973 g/mol. The molecule has 400 valence electrons. The molecule has 0 heterocycles. The first kappa shape index (κ1) is 66.3. The molecule has 0 radical (unpaired) electrons. The SMILES string of the molecule is CC/C=C\C/C=C\C/C=C\C/C=C\C/C=C\C/C=C\C/C=C\C/C=C\CCCCCCCCC(=O)OCC(COC(=O)CCCCCCCCCCC)OC(=O)CCCCCCCCCCCCCC. The molecule has 0 saturated heterocycles. The van der Waals surface area contributed by atoms with Gasteiger partial charge in [-0.05, 0) is 83.5 Å². The van der Waals surface area contributed by atoms with Crippen LogP contribution in [0.4, 0.5) is 0 Å². The first-order valence-electron chi connectivity index (χ1n) is 29.2. The second-order valence-electron chi connectivity index (χ2n) is 19.2. The zero-order chi connectivity index (χ0) is 50.7. The first-order valence-corrected chi connectivity index (χ1v) is 29.2. The van der Waals surface area contributed by atoms with Crippen molar-refractivity contribution in [1.82, 2.24) is 0 Å². The highest BCUT2D eigenvalue weighted by atomic mass is 16.6. The first-order chi connectivity index (χ1) is 34.5. The minimum absolute atomic E-state index is 0.0787. The third-order valence-electron chi connectivity index (χ3n) is 12.4. The van der Waals surface area contributed by atoms with Crippen LogP contribution in [0.2, 0.25) is 0 Å². The zero-order valence-electron chi connectivity index (χ0n) is 45.8. The van der Waals surface area contributed by atoms with Gasteiger partial charge in [-0.25, -0.2) is 0 Å². The number of carbonyl (C=O) groups is 3. The summed E-state index contributed by atoms with van der Waals surface area (Å²) in [5, 5.41) is 0. The van der Waals surface area contributed by atoms with Gasteiger partial charge in [-0.3, -0.25) is 14.4 Å². The third kappa shape index (κ3) is 55.3. The Hall–Kier alpha value is -3.67. The Morgan fingerprint density at radius 2 is 0.557 bits per heavy atom. The lowest BCUT2D eigenvalue weighted by Gasteiger charge is -2.18. The molecule has 0 rings (SSSR count). The van der Waals surface area contributed by atoms with Crippen LogP contribution < -0.4 is 0 Å². The van der Waals surface area contributed by atoms with Crippen LogP contribution in [-0.4, -0.2) is 37.2 Å². The summed E-state index contributed by atoms with van der Waals surface area (Å²) < 4.78 is 16.8. The number of esters is 3. The molecule has 0 bridgehead atoms. The average molecular weight is 974 g/mol. The molecule has 0 fully saturated rings. The van der Waals surface area contributed by atoms with Crippen molar-refractivity contribution in [3.05, 3.63) is 97.2 Å². The van der Waals surface area contributed by atoms with E-state index in [1.165, 1.54) is 109 Å². The molecule has 0 saturated carbocycles. The molecule has 0 amide bonds. The van der Waals surface area contributed by atoms with Gasteiger partial charge in [0.25, 0.3) is 0 Å². The summed E-state index contributed by atoms with van der Waals surface area (Å²) in [5.41, 5.74) is 0. The maximum Gasteiger partial charge on any atom is 0.306 e. The highest BCUT2D eigenvalue weighted by Crippen LogP contribution is 2.15. The molecule has 0 aliphatic rings. The van der Waals surface area contributed by atoms with Crippen LogP contribution in [0, 0.1) is 0 Å². The summed E-state index contributed by atoms with van der Waals surface area (Å²) in [6, 6.07) is 0. The van der Waals surface area contributed by atoms with Gasteiger partial charge in [0.1, 0.15) is 13.2 Å². The molecule has 0 N–H and O–H groups in total. The minimum Gasteiger partial charge on any atom is -0.462 e. The fourth-order valence-corrected chi connectivity index (χ4v) is 7.99. The minimum atomic E-state index is -0.778. The number of allylic oxidation sites excluding steroid dienone is 16. The summed E-state index contributed by atoms with van der Waals surface area (Å²) in [6.07, 6.45) is 77.0. The van der Waals surface area contributed by atoms with Crippen LogP contribution in [-0.2, 0) is 28.6 Å². The highest BCUT2D eigenvalue weighted by molar-refractivity contribution is 5.71. The maximum atomic E-state index is 12.8. The lowest BCUT2D eigenvalue weighted by molar-refractivity contribution is -0.167. The van der Waals surface area contributed by atoms with Gasteiger partial charge in [0.05, 0.1) is 0 Å². The molecule has 0 aromatic carbocycles. The Morgan fingerprint density at radius 3 is 0.871 bits per heavy atom. The molecule has 0 aliphatic carbocycles. The predicted octanol–water partition coefficient (Wildman–Crippen LogP) is 19.7. The molecular weight excluding hydrogens is 865 g/mol. The molecule has 6 heteroatoms. The Bertz CT molecular complexity index is 1400. The second kappa shape index (κ2) is 57.9. The summed E-state index contributed by atoms with van der Waals surface area (Å²) in [4.78, 5) is 38.0. The van der Waals surface area contributed by atoms with Crippen molar-refractivity contribution in [3.63, 3.8) is 0 Å². The number of carbonyl (C=O) groups excluding carboxylic acids is 3. The molecule has 0 aliphatic heterocycles. The normalized spacial score (nSPS) is 12.8. The van der Waals surface area contributed by atoms with E-state index in [0.29, 0.717) is 19.3 Å². The van der Waals surface area contributed by atoms with E-state index in [0.717, 1.165) is 122 Å². The third-order valence-corrected chi connectivity index (χ3v) is 12.4. The molecule has 0 spiro atoms. The zero-order valence-corrected chi connectivity index (χ0v) is 45.8. The van der Waals surface area contributed by atoms with Gasteiger partial charge < -0.3 is 14.2 Å². The maximum absolute atomic E-state index is 12.8. The van der Waals surface area contributed by atoms with E-state index in [2.05, 4.69) is 118 Å². The van der Waals surface area contributed by atoms with Crippen LogP contribution in [0.25, 0.3) is 0 Å². The van der Waals surface area contributed by atoms with Crippen molar-refractivity contribution >= 4 is 17.9 Å². The van der Waals surface area contributed by atoms with Gasteiger partial charge in [0.15, 0.2) is 6.10 Å². The van der Waals surface area contributed by atoms with E-state index >= 15 is 0 Å². The Morgan fingerprint density at radius 1 is 0.300 bits per heavy atom. The van der Waals surface area contributed by atoms with Gasteiger partial charge in [-0.1, -0.05) is 266 Å². The fourth-order valence-electron chi connectivity index (χ4n) is 7.99. The van der Waals surface area contributed by atoms with Crippen molar-refractivity contribution in [1.29, 1.82) is 0 Å². The summed E-state index contributed by atoms with van der Waals surface area (Å²) in [5.74, 6) is -0.893. The molecule has 0 aromatic rings. The average Bonchev–Trinajstić information content (AvgIpc) is 3.36. The fraction of sp³-hybridized carbons (Fsp3) is 0.703.